The fourth-order valence-electron chi connectivity index (χ4n) is 3.15. The minimum Gasteiger partial charge on any atom is -0.495 e. The van der Waals surface area contributed by atoms with Crippen LogP contribution in [-0.4, -0.2) is 13.0 Å². The van der Waals surface area contributed by atoms with Crippen LogP contribution < -0.4 is 15.4 Å². The molecule has 1 aliphatic rings. The Morgan fingerprint density at radius 3 is 2.52 bits per heavy atom. The molecule has 1 heterocycles. The molecular weight excluding hydrogens is 358 g/mol. The highest BCUT2D eigenvalue weighted by atomic mass is 32.1. The Kier molecular flexibility index (Phi) is 5.53. The monoisotopic (exact) mass is 377 g/mol. The zero-order valence-corrected chi connectivity index (χ0v) is 15.9. The van der Waals surface area contributed by atoms with Crippen LogP contribution in [0.3, 0.4) is 0 Å². The van der Waals surface area contributed by atoms with Crippen LogP contribution in [0.2, 0.25) is 0 Å². The van der Waals surface area contributed by atoms with Crippen molar-refractivity contribution < 1.29 is 9.53 Å². The van der Waals surface area contributed by atoms with E-state index in [2.05, 4.69) is 29.3 Å². The van der Waals surface area contributed by atoms with Crippen molar-refractivity contribution in [1.82, 2.24) is 5.32 Å². The molecule has 0 radical (unpaired) electrons. The molecule has 0 aromatic heterocycles. The molecule has 27 heavy (non-hydrogen) atoms. The number of ether oxygens (including phenoxy) is 1. The number of benzene rings is 2. The van der Waals surface area contributed by atoms with Crippen LogP contribution >= 0.6 is 12.6 Å². The van der Waals surface area contributed by atoms with Gasteiger partial charge in [-0.1, -0.05) is 42.5 Å². The van der Waals surface area contributed by atoms with Gasteiger partial charge < -0.3 is 15.4 Å². The van der Waals surface area contributed by atoms with Crippen molar-refractivity contribution in [3.05, 3.63) is 82.0 Å². The summed E-state index contributed by atoms with van der Waals surface area (Å²) in [6, 6.07) is 18.9. The lowest BCUT2D eigenvalue weighted by Gasteiger charge is -2.28. The van der Waals surface area contributed by atoms with Gasteiger partial charge in [-0.15, -0.1) is 12.6 Å². The average molecular weight is 377 g/mol. The normalized spacial score (nSPS) is 16.4. The summed E-state index contributed by atoms with van der Waals surface area (Å²) in [6.07, 6.45) is 0. The van der Waals surface area contributed by atoms with E-state index in [1.54, 1.807) is 26.2 Å². The molecule has 5 nitrogen and oxygen atoms in total. The summed E-state index contributed by atoms with van der Waals surface area (Å²) in [5.41, 5.74) is 2.95. The number of amides is 1. The number of methoxy groups -OCH3 is 1. The molecule has 0 spiro atoms. The molecule has 3 rings (SSSR count). The zero-order valence-electron chi connectivity index (χ0n) is 15.0. The van der Waals surface area contributed by atoms with Gasteiger partial charge in [0.25, 0.3) is 5.91 Å². The van der Waals surface area contributed by atoms with E-state index in [9.17, 15) is 10.1 Å². The van der Waals surface area contributed by atoms with E-state index in [0.29, 0.717) is 33.3 Å². The molecule has 136 valence electrons. The number of carbonyl (C=O) groups is 1. The van der Waals surface area contributed by atoms with Crippen LogP contribution in [0.4, 0.5) is 5.69 Å². The van der Waals surface area contributed by atoms with Gasteiger partial charge in [0.1, 0.15) is 5.75 Å². The predicted molar refractivity (Wildman–Crippen MR) is 108 cm³/mol. The molecule has 0 bridgehead atoms. The minimum atomic E-state index is -0.500. The Morgan fingerprint density at radius 1 is 1.19 bits per heavy atom. The van der Waals surface area contributed by atoms with Crippen molar-refractivity contribution in [2.45, 2.75) is 12.8 Å². The van der Waals surface area contributed by atoms with E-state index < -0.39 is 5.92 Å². The number of hydrogen-bond donors (Lipinski definition) is 3. The SMILES string of the molecule is COc1ccccc1NC(=O)C1=C(C)NC(S)=C(C#N)[C@H]1c1ccccc1. The standard InChI is InChI=1S/C21H19N3O2S/c1-13-18(20(25)24-16-10-6-7-11-17(16)26-2)19(14-8-4-3-5-9-14)15(12-22)21(27)23-13/h3-11,19,23,27H,1-2H3,(H,24,25)/t19-/m1/s1. The molecule has 0 saturated heterocycles. The van der Waals surface area contributed by atoms with Crippen molar-refractivity contribution in [3.63, 3.8) is 0 Å². The number of thiol groups is 1. The third-order valence-corrected chi connectivity index (χ3v) is 4.75. The second-order valence-electron chi connectivity index (χ2n) is 6.04. The highest BCUT2D eigenvalue weighted by molar-refractivity contribution is 7.84. The number of hydrogen-bond acceptors (Lipinski definition) is 5. The number of nitriles is 1. The first-order valence-corrected chi connectivity index (χ1v) is 8.81. The fraction of sp³-hybridized carbons (Fsp3) is 0.143. The lowest BCUT2D eigenvalue weighted by molar-refractivity contribution is -0.113. The van der Waals surface area contributed by atoms with Crippen molar-refractivity contribution in [1.29, 1.82) is 5.26 Å². The Labute approximate surface area is 163 Å². The van der Waals surface area contributed by atoms with Gasteiger partial charge in [-0.05, 0) is 24.6 Å². The van der Waals surface area contributed by atoms with Crippen LogP contribution in [-0.2, 0) is 4.79 Å². The topological polar surface area (TPSA) is 74.2 Å². The summed E-state index contributed by atoms with van der Waals surface area (Å²) in [7, 11) is 1.55. The molecule has 1 atom stereocenters. The van der Waals surface area contributed by atoms with Crippen LogP contribution in [0.15, 0.2) is 76.5 Å². The number of dihydropyridines is 1. The van der Waals surface area contributed by atoms with E-state index in [-0.39, 0.29) is 5.91 Å². The fourth-order valence-corrected chi connectivity index (χ4v) is 3.49. The first-order valence-electron chi connectivity index (χ1n) is 8.37. The first kappa shape index (κ1) is 18.6. The molecule has 2 aromatic carbocycles. The molecule has 0 aliphatic carbocycles. The smallest absolute Gasteiger partial charge is 0.254 e. The highest BCUT2D eigenvalue weighted by Crippen LogP contribution is 2.39. The van der Waals surface area contributed by atoms with Gasteiger partial charge in [0.2, 0.25) is 0 Å². The molecule has 2 N–H and O–H groups in total. The minimum absolute atomic E-state index is 0.299. The number of nitrogens with one attached hydrogen (secondary N) is 2. The summed E-state index contributed by atoms with van der Waals surface area (Å²) >= 11 is 4.41. The number of carbonyl (C=O) groups excluding carboxylic acids is 1. The van der Waals surface area contributed by atoms with Crippen molar-refractivity contribution in [3.8, 4) is 11.8 Å². The quantitative estimate of drug-likeness (QED) is 0.705. The molecular formula is C21H19N3O2S. The van der Waals surface area contributed by atoms with Gasteiger partial charge in [-0.25, -0.2) is 0 Å². The Morgan fingerprint density at radius 2 is 1.85 bits per heavy atom. The van der Waals surface area contributed by atoms with E-state index in [1.807, 2.05) is 42.5 Å². The van der Waals surface area contributed by atoms with Gasteiger partial charge in [0.05, 0.1) is 35.4 Å². The Hall–Kier alpha value is -3.17. The third kappa shape index (κ3) is 3.69. The van der Waals surface area contributed by atoms with E-state index in [4.69, 9.17) is 4.74 Å². The van der Waals surface area contributed by atoms with Gasteiger partial charge in [-0.3, -0.25) is 4.79 Å². The summed E-state index contributed by atoms with van der Waals surface area (Å²) < 4.78 is 5.31. The Bertz CT molecular complexity index is 974. The number of nitrogens with zero attached hydrogens (tertiary/aromatic N) is 1. The van der Waals surface area contributed by atoms with E-state index >= 15 is 0 Å². The van der Waals surface area contributed by atoms with Crippen LogP contribution in [0.5, 0.6) is 5.75 Å². The molecule has 1 amide bonds. The number of para-hydroxylation sites is 2. The van der Waals surface area contributed by atoms with Crippen LogP contribution in [0.1, 0.15) is 18.4 Å². The lowest BCUT2D eigenvalue weighted by Crippen LogP contribution is -2.30. The maximum absolute atomic E-state index is 13.2. The van der Waals surface area contributed by atoms with Crippen LogP contribution in [0, 0.1) is 11.3 Å². The number of anilines is 1. The second-order valence-corrected chi connectivity index (χ2v) is 6.48. The molecule has 0 saturated carbocycles. The summed E-state index contributed by atoms with van der Waals surface area (Å²) in [5.74, 6) is -0.235. The Balaban J connectivity index is 2.04. The van der Waals surface area contributed by atoms with Crippen LogP contribution in [0.25, 0.3) is 0 Å². The highest BCUT2D eigenvalue weighted by Gasteiger charge is 2.33. The molecule has 2 aromatic rings. The first-order chi connectivity index (χ1) is 13.1. The lowest BCUT2D eigenvalue weighted by atomic mass is 9.82. The number of rotatable bonds is 4. The largest absolute Gasteiger partial charge is 0.495 e. The van der Waals surface area contributed by atoms with Crippen molar-refractivity contribution in [2.24, 2.45) is 0 Å². The second kappa shape index (κ2) is 8.02. The maximum Gasteiger partial charge on any atom is 0.254 e. The number of allylic oxidation sites excluding steroid dienone is 2. The van der Waals surface area contributed by atoms with Gasteiger partial charge >= 0.3 is 0 Å². The third-order valence-electron chi connectivity index (χ3n) is 4.40. The molecule has 0 fully saturated rings. The summed E-state index contributed by atoms with van der Waals surface area (Å²) in [4.78, 5) is 13.2. The van der Waals surface area contributed by atoms with E-state index in [0.717, 1.165) is 5.56 Å². The molecule has 1 aliphatic heterocycles. The molecule has 0 unspecified atom stereocenters. The predicted octanol–water partition coefficient (Wildman–Crippen LogP) is 3.96. The zero-order chi connectivity index (χ0) is 19.4. The van der Waals surface area contributed by atoms with Gasteiger partial charge in [-0.2, -0.15) is 5.26 Å². The van der Waals surface area contributed by atoms with E-state index in [1.165, 1.54) is 0 Å². The van der Waals surface area contributed by atoms with Crippen molar-refractivity contribution in [2.75, 3.05) is 12.4 Å². The molecule has 6 heteroatoms. The summed E-state index contributed by atoms with van der Waals surface area (Å²) in [5, 5.41) is 16.1. The average Bonchev–Trinajstić information content (AvgIpc) is 2.68. The van der Waals surface area contributed by atoms with Crippen molar-refractivity contribution >= 4 is 24.2 Å². The summed E-state index contributed by atoms with van der Waals surface area (Å²) in [6.45, 7) is 1.80. The maximum atomic E-state index is 13.2. The van der Waals surface area contributed by atoms with Gasteiger partial charge in [0.15, 0.2) is 0 Å². The van der Waals surface area contributed by atoms with Gasteiger partial charge in [0, 0.05) is 11.3 Å².